The topological polar surface area (TPSA) is 80.2 Å². The van der Waals surface area contributed by atoms with E-state index < -0.39 is 0 Å². The Bertz CT molecular complexity index is 724. The molecule has 4 rings (SSSR count). The van der Waals surface area contributed by atoms with Crippen LogP contribution in [0.15, 0.2) is 24.7 Å². The zero-order valence-corrected chi connectivity index (χ0v) is 15.5. The van der Waals surface area contributed by atoms with Gasteiger partial charge in [-0.05, 0) is 31.2 Å². The van der Waals surface area contributed by atoms with Gasteiger partial charge in [0.2, 0.25) is 0 Å². The van der Waals surface area contributed by atoms with Crippen molar-refractivity contribution >= 4 is 17.2 Å². The molecule has 26 heavy (non-hydrogen) atoms. The average Bonchev–Trinajstić information content (AvgIpc) is 3.36. The van der Waals surface area contributed by atoms with E-state index in [9.17, 15) is 4.79 Å². The standard InChI is InChI=1S/C18H23N5O2S/c24-17(15-10-21-18(26-15)16-19-5-1-6-20-16)22-14-2-7-23(8-3-14)11-13-4-9-25-12-13/h1,5-6,10,13-14H,2-4,7-9,11-12H2,(H,22,24). The van der Waals surface area contributed by atoms with Crippen LogP contribution in [0.5, 0.6) is 0 Å². The summed E-state index contributed by atoms with van der Waals surface area (Å²) in [6.45, 7) is 4.99. The molecule has 4 heterocycles. The molecule has 0 radical (unpaired) electrons. The molecule has 2 fully saturated rings. The molecule has 0 spiro atoms. The van der Waals surface area contributed by atoms with E-state index in [2.05, 4.69) is 25.2 Å². The van der Waals surface area contributed by atoms with Crippen molar-refractivity contribution in [3.63, 3.8) is 0 Å². The summed E-state index contributed by atoms with van der Waals surface area (Å²) in [5.74, 6) is 1.19. The summed E-state index contributed by atoms with van der Waals surface area (Å²) >= 11 is 1.33. The van der Waals surface area contributed by atoms with Gasteiger partial charge in [-0.3, -0.25) is 4.79 Å². The molecular weight excluding hydrogens is 350 g/mol. The molecule has 1 unspecified atom stereocenters. The number of ether oxygens (including phenoxy) is 1. The number of nitrogens with one attached hydrogen (secondary N) is 1. The maximum Gasteiger partial charge on any atom is 0.263 e. The monoisotopic (exact) mass is 373 g/mol. The Morgan fingerprint density at radius 2 is 2.04 bits per heavy atom. The fraction of sp³-hybridized carbons (Fsp3) is 0.556. The van der Waals surface area contributed by atoms with E-state index in [1.165, 1.54) is 17.8 Å². The molecule has 0 aromatic carbocycles. The highest BCUT2D eigenvalue weighted by atomic mass is 32.1. The summed E-state index contributed by atoms with van der Waals surface area (Å²) < 4.78 is 5.46. The third-order valence-corrected chi connectivity index (χ3v) is 5.94. The van der Waals surface area contributed by atoms with E-state index in [4.69, 9.17) is 4.74 Å². The van der Waals surface area contributed by atoms with Crippen LogP contribution in [0, 0.1) is 5.92 Å². The van der Waals surface area contributed by atoms with Gasteiger partial charge in [0.25, 0.3) is 5.91 Å². The molecule has 138 valence electrons. The summed E-state index contributed by atoms with van der Waals surface area (Å²) in [7, 11) is 0. The summed E-state index contributed by atoms with van der Waals surface area (Å²) in [5.41, 5.74) is 0. The number of rotatable bonds is 5. The molecule has 0 bridgehead atoms. The number of hydrogen-bond acceptors (Lipinski definition) is 7. The Kier molecular flexibility index (Phi) is 5.52. The van der Waals surface area contributed by atoms with Gasteiger partial charge in [0.1, 0.15) is 4.88 Å². The Morgan fingerprint density at radius 1 is 1.23 bits per heavy atom. The minimum absolute atomic E-state index is 0.0488. The van der Waals surface area contributed by atoms with Crippen molar-refractivity contribution in [1.82, 2.24) is 25.2 Å². The number of piperidine rings is 1. The van der Waals surface area contributed by atoms with E-state index in [0.29, 0.717) is 21.6 Å². The van der Waals surface area contributed by atoms with E-state index in [1.54, 1.807) is 24.7 Å². The second-order valence-electron chi connectivity index (χ2n) is 6.88. The molecule has 0 aliphatic carbocycles. The van der Waals surface area contributed by atoms with Crippen molar-refractivity contribution in [3.8, 4) is 10.8 Å². The van der Waals surface area contributed by atoms with Gasteiger partial charge in [0, 0.05) is 44.7 Å². The van der Waals surface area contributed by atoms with Crippen LogP contribution in [0.4, 0.5) is 0 Å². The fourth-order valence-electron chi connectivity index (χ4n) is 3.50. The number of thiazole rings is 1. The van der Waals surface area contributed by atoms with Crippen LogP contribution in [0.3, 0.4) is 0 Å². The van der Waals surface area contributed by atoms with Crippen LogP contribution in [0.25, 0.3) is 10.8 Å². The molecule has 2 aliphatic heterocycles. The van der Waals surface area contributed by atoms with Crippen LogP contribution < -0.4 is 5.32 Å². The van der Waals surface area contributed by atoms with Gasteiger partial charge in [-0.25, -0.2) is 15.0 Å². The van der Waals surface area contributed by atoms with Crippen molar-refractivity contribution in [1.29, 1.82) is 0 Å². The molecule has 2 saturated heterocycles. The van der Waals surface area contributed by atoms with E-state index in [1.807, 2.05) is 0 Å². The fourth-order valence-corrected chi connectivity index (χ4v) is 4.27. The molecule has 1 N–H and O–H groups in total. The Labute approximate surface area is 156 Å². The lowest BCUT2D eigenvalue weighted by molar-refractivity contribution is 0.0907. The highest BCUT2D eigenvalue weighted by Gasteiger charge is 2.25. The number of carbonyl (C=O) groups is 1. The first-order valence-corrected chi connectivity index (χ1v) is 9.94. The largest absolute Gasteiger partial charge is 0.381 e. The number of carbonyl (C=O) groups excluding carboxylic acids is 1. The lowest BCUT2D eigenvalue weighted by Gasteiger charge is -2.33. The van der Waals surface area contributed by atoms with E-state index >= 15 is 0 Å². The van der Waals surface area contributed by atoms with E-state index in [-0.39, 0.29) is 11.9 Å². The number of likely N-dealkylation sites (tertiary alicyclic amines) is 1. The lowest BCUT2D eigenvalue weighted by atomic mass is 10.0. The molecule has 2 aliphatic rings. The van der Waals surface area contributed by atoms with Crippen LogP contribution >= 0.6 is 11.3 Å². The van der Waals surface area contributed by atoms with Gasteiger partial charge in [-0.15, -0.1) is 11.3 Å². The Hall–Kier alpha value is -1.90. The van der Waals surface area contributed by atoms with Gasteiger partial charge in [-0.2, -0.15) is 0 Å². The van der Waals surface area contributed by atoms with Gasteiger partial charge >= 0.3 is 0 Å². The predicted molar refractivity (Wildman–Crippen MR) is 99.0 cm³/mol. The number of amides is 1. The molecule has 2 aromatic heterocycles. The van der Waals surface area contributed by atoms with Crippen LogP contribution in [-0.4, -0.2) is 64.6 Å². The third kappa shape index (κ3) is 4.25. The number of hydrogen-bond donors (Lipinski definition) is 1. The first-order chi connectivity index (χ1) is 12.8. The molecule has 7 nitrogen and oxygen atoms in total. The lowest BCUT2D eigenvalue weighted by Crippen LogP contribution is -2.45. The van der Waals surface area contributed by atoms with Crippen molar-refractivity contribution in [3.05, 3.63) is 29.5 Å². The van der Waals surface area contributed by atoms with Crippen LogP contribution in [0.1, 0.15) is 28.9 Å². The summed E-state index contributed by atoms with van der Waals surface area (Å²) in [5, 5.41) is 3.82. The SMILES string of the molecule is O=C(NC1CCN(CC2CCOC2)CC1)c1cnc(-c2ncccn2)s1. The summed E-state index contributed by atoms with van der Waals surface area (Å²) in [4.78, 5) is 28.3. The highest BCUT2D eigenvalue weighted by Crippen LogP contribution is 2.22. The third-order valence-electron chi connectivity index (χ3n) is 4.95. The van der Waals surface area contributed by atoms with Crippen molar-refractivity contribution in [2.45, 2.75) is 25.3 Å². The average molecular weight is 373 g/mol. The van der Waals surface area contributed by atoms with Crippen LogP contribution in [0.2, 0.25) is 0 Å². The van der Waals surface area contributed by atoms with Crippen molar-refractivity contribution in [2.75, 3.05) is 32.8 Å². The zero-order valence-electron chi connectivity index (χ0n) is 14.6. The summed E-state index contributed by atoms with van der Waals surface area (Å²) in [6.07, 6.45) is 8.12. The molecule has 8 heteroatoms. The highest BCUT2D eigenvalue weighted by molar-refractivity contribution is 7.16. The molecule has 1 atom stereocenters. The molecule has 1 amide bonds. The van der Waals surface area contributed by atoms with E-state index in [0.717, 1.165) is 45.7 Å². The van der Waals surface area contributed by atoms with Gasteiger partial charge in [0.15, 0.2) is 10.8 Å². The quantitative estimate of drug-likeness (QED) is 0.861. The molecule has 0 saturated carbocycles. The van der Waals surface area contributed by atoms with Gasteiger partial charge < -0.3 is 15.0 Å². The second kappa shape index (κ2) is 8.20. The first-order valence-electron chi connectivity index (χ1n) is 9.12. The van der Waals surface area contributed by atoms with Crippen molar-refractivity contribution < 1.29 is 9.53 Å². The van der Waals surface area contributed by atoms with Gasteiger partial charge in [0.05, 0.1) is 12.8 Å². The summed E-state index contributed by atoms with van der Waals surface area (Å²) in [6, 6.07) is 1.99. The molecule has 2 aromatic rings. The maximum absolute atomic E-state index is 12.5. The Balaban J connectivity index is 1.27. The van der Waals surface area contributed by atoms with Gasteiger partial charge in [-0.1, -0.05) is 0 Å². The number of aromatic nitrogens is 3. The minimum Gasteiger partial charge on any atom is -0.381 e. The normalized spacial score (nSPS) is 21.8. The Morgan fingerprint density at radius 3 is 2.77 bits per heavy atom. The zero-order chi connectivity index (χ0) is 17.8. The molecular formula is C18H23N5O2S. The van der Waals surface area contributed by atoms with Crippen molar-refractivity contribution in [2.24, 2.45) is 5.92 Å². The first kappa shape index (κ1) is 17.5. The second-order valence-corrected chi connectivity index (χ2v) is 7.91. The van der Waals surface area contributed by atoms with Crippen LogP contribution in [-0.2, 0) is 4.74 Å². The maximum atomic E-state index is 12.5. The number of nitrogens with zero attached hydrogens (tertiary/aromatic N) is 4. The predicted octanol–water partition coefficient (Wildman–Crippen LogP) is 1.83. The minimum atomic E-state index is -0.0488. The smallest absolute Gasteiger partial charge is 0.263 e.